The molecule has 2 heterocycles. The third-order valence-electron chi connectivity index (χ3n) is 4.39. The number of aliphatic hydroxyl groups excluding tert-OH is 1. The summed E-state index contributed by atoms with van der Waals surface area (Å²) >= 11 is 0. The lowest BCUT2D eigenvalue weighted by molar-refractivity contribution is 0.00817. The molecule has 2 fully saturated rings. The highest BCUT2D eigenvalue weighted by atomic mass is 16.3. The number of hydrogen-bond acceptors (Lipinski definition) is 3. The van der Waals surface area contributed by atoms with Gasteiger partial charge < -0.3 is 5.11 Å². The molecule has 3 heteroatoms. The van der Waals surface area contributed by atoms with Gasteiger partial charge in [0, 0.05) is 18.6 Å². The second-order valence-corrected chi connectivity index (χ2v) is 5.41. The minimum absolute atomic E-state index is 0.0934. The summed E-state index contributed by atoms with van der Waals surface area (Å²) in [7, 11) is 0. The van der Waals surface area contributed by atoms with E-state index in [4.69, 9.17) is 0 Å². The highest BCUT2D eigenvalue weighted by molar-refractivity contribution is 5.17. The zero-order valence-corrected chi connectivity index (χ0v) is 10.4. The number of nitrogens with zero attached hydrogens (tertiary/aromatic N) is 2. The van der Waals surface area contributed by atoms with E-state index in [1.54, 1.807) is 0 Å². The summed E-state index contributed by atoms with van der Waals surface area (Å²) in [6.07, 6.45) is 2.36. The fraction of sp³-hybridized carbons (Fsp3) is 0.533. The van der Waals surface area contributed by atoms with Crippen LogP contribution in [0.1, 0.15) is 24.8 Å². The third kappa shape index (κ3) is 1.92. The maximum absolute atomic E-state index is 10.1. The van der Waals surface area contributed by atoms with E-state index < -0.39 is 0 Å². The van der Waals surface area contributed by atoms with Crippen molar-refractivity contribution in [1.29, 1.82) is 5.26 Å². The molecule has 4 atom stereocenters. The molecule has 0 radical (unpaired) electrons. The van der Waals surface area contributed by atoms with Gasteiger partial charge in [0.15, 0.2) is 0 Å². The van der Waals surface area contributed by atoms with Crippen molar-refractivity contribution in [3.8, 4) is 6.07 Å². The van der Waals surface area contributed by atoms with Gasteiger partial charge in [0.05, 0.1) is 18.1 Å². The van der Waals surface area contributed by atoms with Crippen LogP contribution in [0.4, 0.5) is 0 Å². The summed E-state index contributed by atoms with van der Waals surface area (Å²) in [5.41, 5.74) is 1.26. The number of aliphatic hydroxyl groups is 1. The summed E-state index contributed by atoms with van der Waals surface area (Å²) in [5.74, 6) is 0.0934. The van der Waals surface area contributed by atoms with Crippen LogP contribution in [-0.2, 0) is 6.54 Å². The molecule has 0 aliphatic carbocycles. The Morgan fingerprint density at radius 1 is 1.22 bits per heavy atom. The highest BCUT2D eigenvalue weighted by Crippen LogP contribution is 2.40. The van der Waals surface area contributed by atoms with Crippen LogP contribution in [0.25, 0.3) is 0 Å². The molecule has 0 spiro atoms. The Bertz CT molecular complexity index is 453. The molecule has 94 valence electrons. The van der Waals surface area contributed by atoms with Gasteiger partial charge in [-0.15, -0.1) is 0 Å². The van der Waals surface area contributed by atoms with Crippen LogP contribution in [0, 0.1) is 17.2 Å². The highest BCUT2D eigenvalue weighted by Gasteiger charge is 2.47. The number of piperidine rings is 1. The molecule has 1 aromatic carbocycles. The van der Waals surface area contributed by atoms with E-state index in [0.717, 1.165) is 25.8 Å². The van der Waals surface area contributed by atoms with Crippen molar-refractivity contribution in [3.63, 3.8) is 0 Å². The molecular formula is C15H18N2O. The number of hydrogen-bond donors (Lipinski definition) is 1. The zero-order valence-electron chi connectivity index (χ0n) is 10.4. The quantitative estimate of drug-likeness (QED) is 0.862. The molecule has 2 saturated heterocycles. The molecule has 3 rings (SSSR count). The second-order valence-electron chi connectivity index (χ2n) is 5.41. The molecule has 2 aliphatic rings. The summed E-state index contributed by atoms with van der Waals surface area (Å²) in [5, 5.41) is 19.3. The van der Waals surface area contributed by atoms with E-state index in [1.807, 2.05) is 18.2 Å². The average Bonchev–Trinajstić information content (AvgIpc) is 2.65. The largest absolute Gasteiger partial charge is 0.391 e. The molecule has 2 aliphatic heterocycles. The molecule has 0 aromatic heterocycles. The summed E-state index contributed by atoms with van der Waals surface area (Å²) in [6, 6.07) is 13.3. The monoisotopic (exact) mass is 242 g/mol. The van der Waals surface area contributed by atoms with Crippen LogP contribution in [0.5, 0.6) is 0 Å². The predicted molar refractivity (Wildman–Crippen MR) is 68.5 cm³/mol. The molecule has 1 aromatic rings. The number of rotatable bonds is 2. The average molecular weight is 242 g/mol. The maximum atomic E-state index is 10.1. The van der Waals surface area contributed by atoms with Gasteiger partial charge in [0.2, 0.25) is 0 Å². The van der Waals surface area contributed by atoms with E-state index >= 15 is 0 Å². The Morgan fingerprint density at radius 3 is 2.72 bits per heavy atom. The summed E-state index contributed by atoms with van der Waals surface area (Å²) in [6.45, 7) is 0.853. The van der Waals surface area contributed by atoms with Crippen LogP contribution >= 0.6 is 0 Å². The molecule has 0 unspecified atom stereocenters. The molecular weight excluding hydrogens is 224 g/mol. The van der Waals surface area contributed by atoms with E-state index in [-0.39, 0.29) is 18.1 Å². The van der Waals surface area contributed by atoms with Crippen LogP contribution in [-0.4, -0.2) is 28.2 Å². The minimum Gasteiger partial charge on any atom is -0.391 e. The molecule has 1 N–H and O–H groups in total. The van der Waals surface area contributed by atoms with Crippen LogP contribution in [0.15, 0.2) is 30.3 Å². The Morgan fingerprint density at radius 2 is 2.00 bits per heavy atom. The maximum Gasteiger partial charge on any atom is 0.0696 e. The normalized spacial score (nSPS) is 35.3. The van der Waals surface area contributed by atoms with Crippen molar-refractivity contribution >= 4 is 0 Å². The number of fused-ring (bicyclic) bond motifs is 2. The first kappa shape index (κ1) is 11.7. The Balaban J connectivity index is 1.81. The Labute approximate surface area is 108 Å². The van der Waals surface area contributed by atoms with E-state index in [2.05, 4.69) is 23.1 Å². The second kappa shape index (κ2) is 4.72. The topological polar surface area (TPSA) is 47.3 Å². The number of nitriles is 1. The summed E-state index contributed by atoms with van der Waals surface area (Å²) in [4.78, 5) is 2.34. The van der Waals surface area contributed by atoms with Crippen molar-refractivity contribution in [1.82, 2.24) is 4.90 Å². The van der Waals surface area contributed by atoms with Gasteiger partial charge in [-0.05, 0) is 24.8 Å². The lowest BCUT2D eigenvalue weighted by atomic mass is 9.97. The van der Waals surface area contributed by atoms with E-state index in [9.17, 15) is 10.4 Å². The van der Waals surface area contributed by atoms with Gasteiger partial charge in [-0.3, -0.25) is 4.90 Å². The van der Waals surface area contributed by atoms with Gasteiger partial charge in [-0.25, -0.2) is 0 Å². The Hall–Kier alpha value is -1.37. The minimum atomic E-state index is -0.261. The van der Waals surface area contributed by atoms with Crippen molar-refractivity contribution in [2.24, 2.45) is 5.92 Å². The zero-order chi connectivity index (χ0) is 12.5. The van der Waals surface area contributed by atoms with E-state index in [0.29, 0.717) is 6.04 Å². The van der Waals surface area contributed by atoms with Crippen LogP contribution in [0.2, 0.25) is 0 Å². The number of benzene rings is 1. The third-order valence-corrected chi connectivity index (χ3v) is 4.39. The first-order valence-electron chi connectivity index (χ1n) is 6.67. The Kier molecular flexibility index (Phi) is 3.07. The molecule has 0 saturated carbocycles. The first-order valence-corrected chi connectivity index (χ1v) is 6.67. The van der Waals surface area contributed by atoms with Crippen molar-refractivity contribution in [2.45, 2.75) is 44.0 Å². The van der Waals surface area contributed by atoms with Gasteiger partial charge in [0.25, 0.3) is 0 Å². The molecule has 2 bridgehead atoms. The summed E-state index contributed by atoms with van der Waals surface area (Å²) < 4.78 is 0. The van der Waals surface area contributed by atoms with Crippen molar-refractivity contribution < 1.29 is 5.11 Å². The van der Waals surface area contributed by atoms with Crippen LogP contribution in [0.3, 0.4) is 0 Å². The molecule has 18 heavy (non-hydrogen) atoms. The van der Waals surface area contributed by atoms with Crippen LogP contribution < -0.4 is 0 Å². The van der Waals surface area contributed by atoms with Crippen molar-refractivity contribution in [2.75, 3.05) is 0 Å². The standard InChI is InChI=1S/C15H18N2O/c16-9-12-8-14-15(18)7-6-13(12)17(14)10-11-4-2-1-3-5-11/h1-5,12-15,18H,6-8,10H2/t12-,13+,14+,15-/m0/s1. The molecule has 3 nitrogen and oxygen atoms in total. The van der Waals surface area contributed by atoms with Gasteiger partial charge in [-0.1, -0.05) is 30.3 Å². The smallest absolute Gasteiger partial charge is 0.0696 e. The first-order chi connectivity index (χ1) is 8.79. The SMILES string of the molecule is N#C[C@@H]1C[C@@H]2[C@@H](O)CC[C@H]1N2Cc1ccccc1. The van der Waals surface area contributed by atoms with Gasteiger partial charge in [-0.2, -0.15) is 5.26 Å². The lowest BCUT2D eigenvalue weighted by Gasteiger charge is -2.38. The predicted octanol–water partition coefficient (Wildman–Crippen LogP) is 1.92. The molecule has 0 amide bonds. The van der Waals surface area contributed by atoms with Gasteiger partial charge in [0.1, 0.15) is 0 Å². The fourth-order valence-corrected chi connectivity index (χ4v) is 3.48. The lowest BCUT2D eigenvalue weighted by Crippen LogP contribution is -2.47. The fourth-order valence-electron chi connectivity index (χ4n) is 3.48. The van der Waals surface area contributed by atoms with Gasteiger partial charge >= 0.3 is 0 Å². The van der Waals surface area contributed by atoms with E-state index in [1.165, 1.54) is 5.56 Å². The van der Waals surface area contributed by atoms with Crippen molar-refractivity contribution in [3.05, 3.63) is 35.9 Å².